The lowest BCUT2D eigenvalue weighted by molar-refractivity contribution is -0.0786. The molecule has 0 aromatic heterocycles. The zero-order chi connectivity index (χ0) is 19.5. The number of rotatable bonds is 3. The molecule has 5 rings (SSSR count). The summed E-state index contributed by atoms with van der Waals surface area (Å²) in [6, 6.07) is 9.88. The van der Waals surface area contributed by atoms with Crippen LogP contribution in [0.4, 0.5) is 8.78 Å². The van der Waals surface area contributed by atoms with Gasteiger partial charge in [0.15, 0.2) is 11.6 Å². The lowest BCUT2D eigenvalue weighted by atomic mass is 9.55. The highest BCUT2D eigenvalue weighted by Gasteiger charge is 2.57. The molecule has 2 aliphatic carbocycles. The largest absolute Gasteiger partial charge is 0.490 e. The summed E-state index contributed by atoms with van der Waals surface area (Å²) in [5.74, 6) is -0.631. The van der Waals surface area contributed by atoms with Crippen molar-refractivity contribution >= 4 is 11.6 Å². The predicted octanol–water partition coefficient (Wildman–Crippen LogP) is 5.43. The number of fused-ring (bicyclic) bond motifs is 3. The Bertz CT molecular complexity index is 912. The Morgan fingerprint density at radius 2 is 1.71 bits per heavy atom. The van der Waals surface area contributed by atoms with E-state index in [9.17, 15) is 9.50 Å². The number of ether oxygens (including phenoxy) is 1. The molecule has 2 aromatic rings. The van der Waals surface area contributed by atoms with E-state index in [-0.39, 0.29) is 11.7 Å². The van der Waals surface area contributed by atoms with E-state index in [0.717, 1.165) is 24.5 Å². The number of hydrogen-bond acceptors (Lipinski definition) is 2. The SMILES string of the molecule is O[C@@]1(C2CC2)CC[C@@]2(Cc3ccc(Cl)cc3)c3c(F)ccc(F)c3OC[C@H]2C1. The molecular formula is C23H23ClF2O2. The molecule has 0 spiro atoms. The molecule has 2 nitrogen and oxygen atoms in total. The van der Waals surface area contributed by atoms with Crippen LogP contribution in [0.5, 0.6) is 5.75 Å². The fourth-order valence-corrected chi connectivity index (χ4v) is 5.64. The zero-order valence-corrected chi connectivity index (χ0v) is 16.3. The van der Waals surface area contributed by atoms with Crippen LogP contribution < -0.4 is 4.74 Å². The topological polar surface area (TPSA) is 29.5 Å². The van der Waals surface area contributed by atoms with E-state index in [1.165, 1.54) is 6.07 Å². The van der Waals surface area contributed by atoms with Gasteiger partial charge in [-0.3, -0.25) is 0 Å². The van der Waals surface area contributed by atoms with Gasteiger partial charge in [0.2, 0.25) is 0 Å². The van der Waals surface area contributed by atoms with Crippen molar-refractivity contribution in [2.75, 3.05) is 6.61 Å². The third-order valence-corrected chi connectivity index (χ3v) is 7.39. The Labute approximate surface area is 168 Å². The number of benzene rings is 2. The molecule has 148 valence electrons. The summed E-state index contributed by atoms with van der Waals surface area (Å²) in [7, 11) is 0. The molecule has 0 unspecified atom stereocenters. The average Bonchev–Trinajstić information content (AvgIpc) is 3.52. The average molecular weight is 405 g/mol. The maximum absolute atomic E-state index is 15.1. The van der Waals surface area contributed by atoms with Crippen LogP contribution in [0.3, 0.4) is 0 Å². The van der Waals surface area contributed by atoms with Crippen molar-refractivity contribution in [2.45, 2.75) is 49.5 Å². The van der Waals surface area contributed by atoms with Crippen LogP contribution in [-0.4, -0.2) is 17.3 Å². The first-order valence-electron chi connectivity index (χ1n) is 9.99. The maximum atomic E-state index is 15.1. The Morgan fingerprint density at radius 1 is 1.00 bits per heavy atom. The van der Waals surface area contributed by atoms with E-state index in [1.807, 2.05) is 24.3 Å². The fourth-order valence-electron chi connectivity index (χ4n) is 5.52. The Morgan fingerprint density at radius 3 is 2.43 bits per heavy atom. The second-order valence-electron chi connectivity index (χ2n) is 8.78. The minimum atomic E-state index is -0.709. The van der Waals surface area contributed by atoms with Crippen LogP contribution in [0, 0.1) is 23.5 Å². The van der Waals surface area contributed by atoms with Gasteiger partial charge in [0.05, 0.1) is 12.2 Å². The van der Waals surface area contributed by atoms with E-state index < -0.39 is 22.7 Å². The summed E-state index contributed by atoms with van der Waals surface area (Å²) in [5, 5.41) is 11.8. The number of aliphatic hydroxyl groups is 1. The highest BCUT2D eigenvalue weighted by molar-refractivity contribution is 6.30. The number of hydrogen-bond donors (Lipinski definition) is 1. The minimum absolute atomic E-state index is 0.0436. The van der Waals surface area contributed by atoms with Gasteiger partial charge in [-0.1, -0.05) is 23.7 Å². The van der Waals surface area contributed by atoms with Crippen LogP contribution in [-0.2, 0) is 11.8 Å². The van der Waals surface area contributed by atoms with Crippen LogP contribution >= 0.6 is 11.6 Å². The van der Waals surface area contributed by atoms with Crippen LogP contribution in [0.1, 0.15) is 43.2 Å². The molecule has 1 N–H and O–H groups in total. The van der Waals surface area contributed by atoms with Crippen molar-refractivity contribution < 1.29 is 18.6 Å². The Kier molecular flexibility index (Phi) is 4.22. The quantitative estimate of drug-likeness (QED) is 0.738. The van der Waals surface area contributed by atoms with Gasteiger partial charge in [0.25, 0.3) is 0 Å². The summed E-state index contributed by atoms with van der Waals surface area (Å²) >= 11 is 6.03. The molecule has 0 amide bonds. The first-order chi connectivity index (χ1) is 13.4. The van der Waals surface area contributed by atoms with E-state index in [0.29, 0.717) is 48.8 Å². The molecule has 3 atom stereocenters. The van der Waals surface area contributed by atoms with E-state index in [4.69, 9.17) is 16.3 Å². The van der Waals surface area contributed by atoms with Gasteiger partial charge in [-0.2, -0.15) is 0 Å². The predicted molar refractivity (Wildman–Crippen MR) is 104 cm³/mol. The molecule has 1 heterocycles. The van der Waals surface area contributed by atoms with Gasteiger partial charge < -0.3 is 9.84 Å². The van der Waals surface area contributed by atoms with Crippen LogP contribution in [0.25, 0.3) is 0 Å². The van der Waals surface area contributed by atoms with Gasteiger partial charge in [-0.25, -0.2) is 8.78 Å². The molecule has 2 saturated carbocycles. The summed E-state index contributed by atoms with van der Waals surface area (Å²) in [6.45, 7) is 0.302. The number of halogens is 3. The van der Waals surface area contributed by atoms with Crippen molar-refractivity contribution in [1.29, 1.82) is 0 Å². The fraction of sp³-hybridized carbons (Fsp3) is 0.478. The second-order valence-corrected chi connectivity index (χ2v) is 9.22. The molecule has 28 heavy (non-hydrogen) atoms. The smallest absolute Gasteiger partial charge is 0.165 e. The molecule has 2 fully saturated rings. The monoisotopic (exact) mass is 404 g/mol. The Balaban J connectivity index is 1.62. The van der Waals surface area contributed by atoms with Crippen molar-refractivity contribution in [3.63, 3.8) is 0 Å². The Hall–Kier alpha value is -1.65. The highest BCUT2D eigenvalue weighted by Crippen LogP contribution is 2.59. The summed E-state index contributed by atoms with van der Waals surface area (Å²) in [5.41, 5.74) is 0.0763. The van der Waals surface area contributed by atoms with Gasteiger partial charge in [-0.15, -0.1) is 0 Å². The first kappa shape index (κ1) is 18.4. The standard InChI is InChI=1S/C23H23ClF2O2/c24-17-5-1-14(2-6-17)11-22-9-10-23(27,15-3-4-15)12-16(22)13-28-21-19(26)8-7-18(25)20(21)22/h1-2,5-8,15-16,27H,3-4,9-13H2/t16-,22+,23+/m1/s1. The van der Waals surface area contributed by atoms with E-state index in [2.05, 4.69) is 0 Å². The van der Waals surface area contributed by atoms with Gasteiger partial charge >= 0.3 is 0 Å². The first-order valence-corrected chi connectivity index (χ1v) is 10.4. The van der Waals surface area contributed by atoms with Gasteiger partial charge in [0, 0.05) is 21.9 Å². The summed E-state index contributed by atoms with van der Waals surface area (Å²) in [4.78, 5) is 0. The van der Waals surface area contributed by atoms with Crippen molar-refractivity contribution in [1.82, 2.24) is 0 Å². The van der Waals surface area contributed by atoms with Crippen molar-refractivity contribution in [2.24, 2.45) is 11.8 Å². The molecule has 0 saturated heterocycles. The van der Waals surface area contributed by atoms with Gasteiger partial charge in [0.1, 0.15) is 5.82 Å². The second kappa shape index (κ2) is 6.43. The summed E-state index contributed by atoms with van der Waals surface area (Å²) in [6.07, 6.45) is 4.47. The third-order valence-electron chi connectivity index (χ3n) is 7.14. The molecular weight excluding hydrogens is 382 g/mol. The molecule has 3 aliphatic rings. The molecule has 5 heteroatoms. The summed E-state index contributed by atoms with van der Waals surface area (Å²) < 4.78 is 35.3. The van der Waals surface area contributed by atoms with Crippen molar-refractivity contribution in [3.05, 3.63) is 64.2 Å². The normalized spacial score (nSPS) is 31.6. The molecule has 0 bridgehead atoms. The minimum Gasteiger partial charge on any atom is -0.490 e. The zero-order valence-electron chi connectivity index (χ0n) is 15.6. The van der Waals surface area contributed by atoms with Gasteiger partial charge in [-0.05, 0) is 74.3 Å². The van der Waals surface area contributed by atoms with Crippen molar-refractivity contribution in [3.8, 4) is 5.75 Å². The molecule has 2 aromatic carbocycles. The third kappa shape index (κ3) is 2.84. The van der Waals surface area contributed by atoms with Crippen LogP contribution in [0.15, 0.2) is 36.4 Å². The lowest BCUT2D eigenvalue weighted by Crippen LogP contribution is -2.54. The van der Waals surface area contributed by atoms with Crippen LogP contribution in [0.2, 0.25) is 5.02 Å². The van der Waals surface area contributed by atoms with E-state index in [1.54, 1.807) is 0 Å². The maximum Gasteiger partial charge on any atom is 0.165 e. The lowest BCUT2D eigenvalue weighted by Gasteiger charge is -2.53. The van der Waals surface area contributed by atoms with E-state index >= 15 is 4.39 Å². The highest BCUT2D eigenvalue weighted by atomic mass is 35.5. The molecule has 0 radical (unpaired) electrons. The molecule has 1 aliphatic heterocycles.